The maximum Gasteiger partial charge on any atom is 0.264 e. The predicted octanol–water partition coefficient (Wildman–Crippen LogP) is 2.52. The molecule has 0 aliphatic heterocycles. The van der Waals surface area contributed by atoms with E-state index in [2.05, 4.69) is 0 Å². The summed E-state index contributed by atoms with van der Waals surface area (Å²) < 4.78 is 31.3. The normalized spacial score (nSPS) is 11.4. The van der Waals surface area contributed by atoms with Gasteiger partial charge in [0.25, 0.3) is 15.9 Å². The smallest absolute Gasteiger partial charge is 0.264 e. The van der Waals surface area contributed by atoms with Crippen LogP contribution in [0.5, 0.6) is 5.75 Å². The summed E-state index contributed by atoms with van der Waals surface area (Å²) in [6.07, 6.45) is 2.75. The Labute approximate surface area is 135 Å². The van der Waals surface area contributed by atoms with Crippen molar-refractivity contribution in [2.24, 2.45) is 0 Å². The van der Waals surface area contributed by atoms with Gasteiger partial charge in [0.1, 0.15) is 5.75 Å². The van der Waals surface area contributed by atoms with Gasteiger partial charge in [0.2, 0.25) is 0 Å². The first kappa shape index (κ1) is 16.8. The zero-order valence-corrected chi connectivity index (χ0v) is 13.6. The second-order valence-corrected chi connectivity index (χ2v) is 6.58. The number of aryl methyl sites for hydroxylation is 1. The highest BCUT2D eigenvalue weighted by molar-refractivity contribution is 7.90. The first-order valence-electron chi connectivity index (χ1n) is 6.86. The van der Waals surface area contributed by atoms with Crippen molar-refractivity contribution in [2.75, 3.05) is 7.11 Å². The molecule has 2 rings (SSSR count). The minimum Gasteiger partial charge on any atom is -0.497 e. The fourth-order valence-electron chi connectivity index (χ4n) is 1.94. The number of hydrogen-bond donors (Lipinski definition) is 1. The number of carbonyl (C=O) groups excluding carboxylic acids is 1. The summed E-state index contributed by atoms with van der Waals surface area (Å²) in [4.78, 5) is 11.8. The van der Waals surface area contributed by atoms with E-state index in [0.29, 0.717) is 5.75 Å². The number of amides is 1. The van der Waals surface area contributed by atoms with E-state index in [0.717, 1.165) is 11.1 Å². The maximum atomic E-state index is 12.2. The highest BCUT2D eigenvalue weighted by atomic mass is 32.2. The molecule has 0 unspecified atom stereocenters. The number of benzene rings is 2. The molecule has 23 heavy (non-hydrogen) atoms. The summed E-state index contributed by atoms with van der Waals surface area (Å²) in [5, 5.41) is 0. The first-order chi connectivity index (χ1) is 10.9. The quantitative estimate of drug-likeness (QED) is 0.855. The van der Waals surface area contributed by atoms with Gasteiger partial charge in [-0.2, -0.15) is 0 Å². The van der Waals surface area contributed by atoms with E-state index in [1.165, 1.54) is 25.3 Å². The molecular weight excluding hydrogens is 314 g/mol. The molecule has 0 spiro atoms. The van der Waals surface area contributed by atoms with Crippen molar-refractivity contribution in [1.29, 1.82) is 0 Å². The molecule has 1 N–H and O–H groups in total. The fraction of sp³-hybridized carbons (Fsp3) is 0.118. The van der Waals surface area contributed by atoms with Gasteiger partial charge in [-0.15, -0.1) is 0 Å². The summed E-state index contributed by atoms with van der Waals surface area (Å²) in [5.41, 5.74) is 1.87. The number of ether oxygens (including phenoxy) is 1. The molecule has 2 aromatic rings. The van der Waals surface area contributed by atoms with Crippen LogP contribution in [0.2, 0.25) is 0 Å². The van der Waals surface area contributed by atoms with Crippen molar-refractivity contribution in [2.45, 2.75) is 11.8 Å². The average Bonchev–Trinajstić information content (AvgIpc) is 2.53. The van der Waals surface area contributed by atoms with Crippen LogP contribution in [0.1, 0.15) is 11.1 Å². The molecule has 0 saturated heterocycles. The van der Waals surface area contributed by atoms with Crippen molar-refractivity contribution < 1.29 is 17.9 Å². The topological polar surface area (TPSA) is 72.5 Å². The Hall–Kier alpha value is -2.60. The zero-order valence-electron chi connectivity index (χ0n) is 12.8. The number of sulfonamides is 1. The molecule has 0 aliphatic rings. The summed E-state index contributed by atoms with van der Waals surface area (Å²) in [7, 11) is -2.50. The van der Waals surface area contributed by atoms with E-state index in [1.54, 1.807) is 18.2 Å². The molecule has 0 aromatic heterocycles. The number of carbonyl (C=O) groups is 1. The standard InChI is InChI=1S/C17H17NO4S/c1-13-5-3-6-14(11-13)9-10-17(19)18-23(20,21)16-8-4-7-15(12-16)22-2/h3-12H,1-2H3,(H,18,19). The lowest BCUT2D eigenvalue weighted by Crippen LogP contribution is -2.28. The molecule has 120 valence electrons. The number of methoxy groups -OCH3 is 1. The molecule has 0 aliphatic carbocycles. The van der Waals surface area contributed by atoms with Crippen molar-refractivity contribution in [3.8, 4) is 5.75 Å². The average molecular weight is 331 g/mol. The van der Waals surface area contributed by atoms with Gasteiger partial charge in [0.15, 0.2) is 0 Å². The van der Waals surface area contributed by atoms with Gasteiger partial charge in [0, 0.05) is 12.1 Å². The summed E-state index contributed by atoms with van der Waals surface area (Å²) >= 11 is 0. The second-order valence-electron chi connectivity index (χ2n) is 4.90. The minimum absolute atomic E-state index is 0.0332. The van der Waals surface area contributed by atoms with Crippen LogP contribution >= 0.6 is 0 Å². The maximum absolute atomic E-state index is 12.2. The van der Waals surface area contributed by atoms with Crippen molar-refractivity contribution in [3.05, 3.63) is 65.7 Å². The molecule has 0 bridgehead atoms. The minimum atomic E-state index is -3.94. The van der Waals surface area contributed by atoms with Gasteiger partial charge in [0.05, 0.1) is 12.0 Å². The molecule has 0 saturated carbocycles. The number of rotatable bonds is 5. The predicted molar refractivity (Wildman–Crippen MR) is 88.5 cm³/mol. The third kappa shape index (κ3) is 4.69. The van der Waals surface area contributed by atoms with E-state index in [9.17, 15) is 13.2 Å². The molecule has 0 atom stereocenters. The Morgan fingerprint density at radius 2 is 1.87 bits per heavy atom. The fourth-order valence-corrected chi connectivity index (χ4v) is 2.92. The summed E-state index contributed by atoms with van der Waals surface area (Å²) in [6, 6.07) is 13.4. The summed E-state index contributed by atoms with van der Waals surface area (Å²) in [5.74, 6) is -0.315. The van der Waals surface area contributed by atoms with Crippen molar-refractivity contribution >= 4 is 22.0 Å². The van der Waals surface area contributed by atoms with Crippen LogP contribution < -0.4 is 9.46 Å². The molecule has 1 amide bonds. The van der Waals surface area contributed by atoms with Gasteiger partial charge in [-0.05, 0) is 30.7 Å². The lowest BCUT2D eigenvalue weighted by molar-refractivity contribution is -0.114. The van der Waals surface area contributed by atoms with Crippen LogP contribution in [0.15, 0.2) is 59.5 Å². The Balaban J connectivity index is 2.12. The first-order valence-corrected chi connectivity index (χ1v) is 8.34. The molecular formula is C17H17NO4S. The third-order valence-electron chi connectivity index (χ3n) is 3.06. The zero-order chi connectivity index (χ0) is 16.9. The monoisotopic (exact) mass is 331 g/mol. The van der Waals surface area contributed by atoms with Gasteiger partial charge in [-0.1, -0.05) is 35.9 Å². The van der Waals surface area contributed by atoms with E-state index in [-0.39, 0.29) is 4.90 Å². The highest BCUT2D eigenvalue weighted by Gasteiger charge is 2.16. The Kier molecular flexibility index (Phi) is 5.18. The SMILES string of the molecule is COc1cccc(S(=O)(=O)NC(=O)C=Cc2cccc(C)c2)c1. The van der Waals surface area contributed by atoms with Gasteiger partial charge in [-0.3, -0.25) is 4.79 Å². The lowest BCUT2D eigenvalue weighted by atomic mass is 10.1. The number of nitrogens with one attached hydrogen (secondary N) is 1. The number of hydrogen-bond acceptors (Lipinski definition) is 4. The van der Waals surface area contributed by atoms with Gasteiger partial charge in [-0.25, -0.2) is 13.1 Å². The van der Waals surface area contributed by atoms with Crippen LogP contribution in [-0.4, -0.2) is 21.4 Å². The lowest BCUT2D eigenvalue weighted by Gasteiger charge is -2.06. The molecule has 5 nitrogen and oxygen atoms in total. The Bertz CT molecular complexity index is 841. The van der Waals surface area contributed by atoms with Crippen molar-refractivity contribution in [3.63, 3.8) is 0 Å². The van der Waals surface area contributed by atoms with E-state index < -0.39 is 15.9 Å². The second kappa shape index (κ2) is 7.11. The Morgan fingerprint density at radius 1 is 1.13 bits per heavy atom. The Morgan fingerprint density at radius 3 is 2.57 bits per heavy atom. The molecule has 2 aromatic carbocycles. The van der Waals surface area contributed by atoms with Gasteiger partial charge < -0.3 is 4.74 Å². The molecule has 6 heteroatoms. The van der Waals surface area contributed by atoms with Crippen LogP contribution in [0, 0.1) is 6.92 Å². The molecule has 0 fully saturated rings. The van der Waals surface area contributed by atoms with Gasteiger partial charge >= 0.3 is 0 Å². The largest absolute Gasteiger partial charge is 0.497 e. The van der Waals surface area contributed by atoms with Crippen LogP contribution in [0.4, 0.5) is 0 Å². The highest BCUT2D eigenvalue weighted by Crippen LogP contribution is 2.16. The molecule has 0 radical (unpaired) electrons. The van der Waals surface area contributed by atoms with E-state index >= 15 is 0 Å². The molecule has 0 heterocycles. The van der Waals surface area contributed by atoms with Crippen LogP contribution in [0.3, 0.4) is 0 Å². The van der Waals surface area contributed by atoms with Crippen LogP contribution in [0.25, 0.3) is 6.08 Å². The van der Waals surface area contributed by atoms with E-state index in [4.69, 9.17) is 4.74 Å². The van der Waals surface area contributed by atoms with Crippen LogP contribution in [-0.2, 0) is 14.8 Å². The summed E-state index contributed by atoms with van der Waals surface area (Å²) in [6.45, 7) is 1.94. The van der Waals surface area contributed by atoms with E-state index in [1.807, 2.05) is 35.9 Å². The third-order valence-corrected chi connectivity index (χ3v) is 4.40. The van der Waals surface area contributed by atoms with Crippen molar-refractivity contribution in [1.82, 2.24) is 4.72 Å².